The Morgan fingerprint density at radius 2 is 2.00 bits per heavy atom. The third-order valence-corrected chi connectivity index (χ3v) is 6.93. The number of alkyl halides is 3. The highest BCUT2D eigenvalue weighted by Crippen LogP contribution is 2.40. The third kappa shape index (κ3) is 3.76. The molecule has 2 fully saturated rings. The highest BCUT2D eigenvalue weighted by atomic mass is 35.5. The standard InChI is InChI=1S/C16H15ClF3N3O4S/c17-11-7-10(16(18,19)20)3-4-13(11)28(24,25)23-5-6-26-12(8-23)14-21-15(27-22-14)9-1-2-9/h3-4,7,9,12H,1-2,5-6,8H2. The Morgan fingerprint density at radius 1 is 1.25 bits per heavy atom. The molecule has 2 aliphatic rings. The molecule has 0 N–H and O–H groups in total. The van der Waals surface area contributed by atoms with E-state index in [1.165, 1.54) is 0 Å². The molecular weight excluding hydrogens is 423 g/mol. The van der Waals surface area contributed by atoms with Gasteiger partial charge < -0.3 is 9.26 Å². The normalized spacial score (nSPS) is 21.8. The van der Waals surface area contributed by atoms with Gasteiger partial charge in [-0.25, -0.2) is 8.42 Å². The summed E-state index contributed by atoms with van der Waals surface area (Å²) in [5.74, 6) is 1.00. The summed E-state index contributed by atoms with van der Waals surface area (Å²) < 4.78 is 76.0. The van der Waals surface area contributed by atoms with Crippen molar-refractivity contribution in [3.8, 4) is 0 Å². The predicted molar refractivity (Wildman–Crippen MR) is 90.2 cm³/mol. The molecule has 152 valence electrons. The van der Waals surface area contributed by atoms with Gasteiger partial charge in [0.2, 0.25) is 21.7 Å². The first-order valence-electron chi connectivity index (χ1n) is 8.48. The maximum absolute atomic E-state index is 12.9. The molecule has 1 aliphatic carbocycles. The van der Waals surface area contributed by atoms with Crippen molar-refractivity contribution in [3.05, 3.63) is 40.5 Å². The van der Waals surface area contributed by atoms with Gasteiger partial charge in [-0.05, 0) is 31.0 Å². The second-order valence-corrected chi connectivity index (χ2v) is 8.94. The summed E-state index contributed by atoms with van der Waals surface area (Å²) >= 11 is 5.86. The van der Waals surface area contributed by atoms with E-state index in [2.05, 4.69) is 10.1 Å². The van der Waals surface area contributed by atoms with Crippen molar-refractivity contribution in [2.45, 2.75) is 35.9 Å². The monoisotopic (exact) mass is 437 g/mol. The summed E-state index contributed by atoms with van der Waals surface area (Å²) in [5.41, 5.74) is -1.02. The van der Waals surface area contributed by atoms with Crippen LogP contribution in [0, 0.1) is 0 Å². The fraction of sp³-hybridized carbons (Fsp3) is 0.500. The number of nitrogens with zero attached hydrogens (tertiary/aromatic N) is 3. The van der Waals surface area contributed by atoms with Crippen LogP contribution in [0.1, 0.15) is 42.1 Å². The molecule has 1 saturated heterocycles. The van der Waals surface area contributed by atoms with Gasteiger partial charge in [0.15, 0.2) is 0 Å². The van der Waals surface area contributed by atoms with Crippen LogP contribution >= 0.6 is 11.6 Å². The van der Waals surface area contributed by atoms with Crippen molar-refractivity contribution in [2.24, 2.45) is 0 Å². The molecule has 12 heteroatoms. The minimum absolute atomic E-state index is 0.0313. The number of morpholine rings is 1. The maximum atomic E-state index is 12.9. The van der Waals surface area contributed by atoms with Gasteiger partial charge in [-0.3, -0.25) is 0 Å². The Balaban J connectivity index is 1.56. The summed E-state index contributed by atoms with van der Waals surface area (Å²) in [5, 5.41) is 3.37. The molecule has 28 heavy (non-hydrogen) atoms. The molecule has 7 nitrogen and oxygen atoms in total. The van der Waals surface area contributed by atoms with Crippen LogP contribution in [0.5, 0.6) is 0 Å². The van der Waals surface area contributed by atoms with Gasteiger partial charge in [0.1, 0.15) is 11.0 Å². The lowest BCUT2D eigenvalue weighted by molar-refractivity contribution is -0.137. The van der Waals surface area contributed by atoms with Crippen LogP contribution in [-0.2, 0) is 20.9 Å². The molecule has 4 rings (SSSR count). The van der Waals surface area contributed by atoms with E-state index in [0.29, 0.717) is 18.0 Å². The summed E-state index contributed by atoms with van der Waals surface area (Å²) in [4.78, 5) is 3.87. The number of sulfonamides is 1. The molecule has 2 aromatic rings. The minimum atomic E-state index is -4.62. The first-order chi connectivity index (χ1) is 13.2. The number of aromatic nitrogens is 2. The van der Waals surface area contributed by atoms with E-state index < -0.39 is 37.8 Å². The zero-order chi connectivity index (χ0) is 20.1. The number of hydrogen-bond donors (Lipinski definition) is 0. The molecule has 1 saturated carbocycles. The molecule has 2 heterocycles. The molecule has 0 spiro atoms. The van der Waals surface area contributed by atoms with Crippen molar-refractivity contribution in [1.29, 1.82) is 0 Å². The lowest BCUT2D eigenvalue weighted by Gasteiger charge is -2.30. The van der Waals surface area contributed by atoms with E-state index in [-0.39, 0.29) is 31.4 Å². The molecule has 1 unspecified atom stereocenters. The van der Waals surface area contributed by atoms with Crippen LogP contribution in [0.25, 0.3) is 0 Å². The van der Waals surface area contributed by atoms with Crippen LogP contribution in [0.2, 0.25) is 5.02 Å². The number of halogens is 4. The lowest BCUT2D eigenvalue weighted by Crippen LogP contribution is -2.42. The Hall–Kier alpha value is -1.69. The SMILES string of the molecule is O=S(=O)(c1ccc(C(F)(F)F)cc1Cl)N1CCOC(c2noc(C3CC3)n2)C1. The molecule has 0 bridgehead atoms. The van der Waals surface area contributed by atoms with Gasteiger partial charge in [-0.1, -0.05) is 16.8 Å². The van der Waals surface area contributed by atoms with Crippen molar-refractivity contribution in [1.82, 2.24) is 14.4 Å². The van der Waals surface area contributed by atoms with E-state index >= 15 is 0 Å². The van der Waals surface area contributed by atoms with Gasteiger partial charge in [-0.15, -0.1) is 0 Å². The van der Waals surface area contributed by atoms with Gasteiger partial charge in [0.05, 0.1) is 17.2 Å². The van der Waals surface area contributed by atoms with Crippen LogP contribution in [-0.4, -0.2) is 42.6 Å². The van der Waals surface area contributed by atoms with Crippen molar-refractivity contribution >= 4 is 21.6 Å². The quantitative estimate of drug-likeness (QED) is 0.729. The molecule has 1 aromatic carbocycles. The van der Waals surface area contributed by atoms with Crippen molar-refractivity contribution in [2.75, 3.05) is 19.7 Å². The Labute approximate surface area is 163 Å². The summed E-state index contributed by atoms with van der Waals surface area (Å²) in [7, 11) is -4.13. The third-order valence-electron chi connectivity index (χ3n) is 4.58. The molecular formula is C16H15ClF3N3O4S. The van der Waals surface area contributed by atoms with Gasteiger partial charge in [0, 0.05) is 19.0 Å². The van der Waals surface area contributed by atoms with Crippen LogP contribution in [0.3, 0.4) is 0 Å². The van der Waals surface area contributed by atoms with Gasteiger partial charge in [0.25, 0.3) is 0 Å². The zero-order valence-electron chi connectivity index (χ0n) is 14.3. The largest absolute Gasteiger partial charge is 0.416 e. The minimum Gasteiger partial charge on any atom is -0.367 e. The number of ether oxygens (including phenoxy) is 1. The fourth-order valence-electron chi connectivity index (χ4n) is 2.90. The Bertz CT molecular complexity index is 991. The highest BCUT2D eigenvalue weighted by molar-refractivity contribution is 7.89. The van der Waals surface area contributed by atoms with E-state index in [1.54, 1.807) is 0 Å². The Morgan fingerprint density at radius 3 is 2.64 bits per heavy atom. The second-order valence-electron chi connectivity index (χ2n) is 6.63. The van der Waals surface area contributed by atoms with Crippen LogP contribution in [0.15, 0.2) is 27.6 Å². The first kappa shape index (κ1) is 19.6. The molecule has 0 amide bonds. The van der Waals surface area contributed by atoms with E-state index in [4.69, 9.17) is 20.9 Å². The number of hydrogen-bond acceptors (Lipinski definition) is 6. The van der Waals surface area contributed by atoms with Crippen LogP contribution in [0.4, 0.5) is 13.2 Å². The molecule has 1 aromatic heterocycles. The Kier molecular flexibility index (Phi) is 4.89. The lowest BCUT2D eigenvalue weighted by atomic mass is 10.2. The first-order valence-corrected chi connectivity index (χ1v) is 10.3. The molecule has 1 aliphatic heterocycles. The summed E-state index contributed by atoms with van der Waals surface area (Å²) in [6.07, 6.45) is -3.40. The molecule has 0 radical (unpaired) electrons. The average Bonchev–Trinajstić information content (AvgIpc) is 3.37. The van der Waals surface area contributed by atoms with Gasteiger partial charge in [-0.2, -0.15) is 22.5 Å². The predicted octanol–water partition coefficient (Wildman–Crippen LogP) is 3.38. The summed E-state index contributed by atoms with van der Waals surface area (Å²) in [6.45, 7) is 0.0162. The zero-order valence-corrected chi connectivity index (χ0v) is 15.9. The second kappa shape index (κ2) is 6.97. The average molecular weight is 438 g/mol. The highest BCUT2D eigenvalue weighted by Gasteiger charge is 2.37. The maximum Gasteiger partial charge on any atom is 0.416 e. The topological polar surface area (TPSA) is 85.5 Å². The van der Waals surface area contributed by atoms with Crippen molar-refractivity contribution < 1.29 is 30.8 Å². The van der Waals surface area contributed by atoms with Crippen molar-refractivity contribution in [3.63, 3.8) is 0 Å². The smallest absolute Gasteiger partial charge is 0.367 e. The van der Waals surface area contributed by atoms with Gasteiger partial charge >= 0.3 is 6.18 Å². The molecule has 1 atom stereocenters. The number of rotatable bonds is 4. The number of benzene rings is 1. The van der Waals surface area contributed by atoms with E-state index in [9.17, 15) is 21.6 Å². The van der Waals surface area contributed by atoms with Crippen LogP contribution < -0.4 is 0 Å². The fourth-order valence-corrected chi connectivity index (χ4v) is 4.84. The van der Waals surface area contributed by atoms with E-state index in [1.807, 2.05) is 0 Å². The summed E-state index contributed by atoms with van der Waals surface area (Å²) in [6, 6.07) is 2.16. The van der Waals surface area contributed by atoms with E-state index in [0.717, 1.165) is 23.2 Å².